The second kappa shape index (κ2) is 11.3. The first-order chi connectivity index (χ1) is 15.4. The predicted molar refractivity (Wildman–Crippen MR) is 125 cm³/mol. The number of benzene rings is 2. The van der Waals surface area contributed by atoms with Gasteiger partial charge >= 0.3 is 12.1 Å². The Bertz CT molecular complexity index is 1030. The van der Waals surface area contributed by atoms with Gasteiger partial charge in [-0.15, -0.1) is 0 Å². The molecule has 0 saturated heterocycles. The van der Waals surface area contributed by atoms with Gasteiger partial charge in [-0.2, -0.15) is 4.31 Å². The lowest BCUT2D eigenvalue weighted by Crippen LogP contribution is -2.52. The van der Waals surface area contributed by atoms with Crippen molar-refractivity contribution < 1.29 is 27.5 Å². The highest BCUT2D eigenvalue weighted by Crippen LogP contribution is 2.20. The van der Waals surface area contributed by atoms with E-state index in [4.69, 9.17) is 9.47 Å². The molecule has 0 fully saturated rings. The van der Waals surface area contributed by atoms with E-state index < -0.39 is 33.7 Å². The van der Waals surface area contributed by atoms with E-state index in [1.165, 1.54) is 12.1 Å². The maximum Gasteiger partial charge on any atom is 0.407 e. The van der Waals surface area contributed by atoms with Crippen LogP contribution >= 0.6 is 0 Å². The van der Waals surface area contributed by atoms with Gasteiger partial charge in [-0.1, -0.05) is 55.0 Å². The standard InChI is InChI=1S/C24H32N2O6S/c1-6-26(33(29,30)20-14-12-18(2)13-15-20)21(16-25-23(28)32-24(3,4)5)22(27)31-17-19-10-8-7-9-11-19/h7-15,21H,6,16-17H2,1-5H3,(H,25,28)/t21-/m0/s1. The van der Waals surface area contributed by atoms with E-state index in [0.717, 1.165) is 15.4 Å². The topological polar surface area (TPSA) is 102 Å². The molecular formula is C24H32N2O6S. The van der Waals surface area contributed by atoms with Gasteiger partial charge < -0.3 is 14.8 Å². The van der Waals surface area contributed by atoms with Crippen molar-refractivity contribution in [1.29, 1.82) is 0 Å². The molecule has 0 radical (unpaired) electrons. The Kier molecular flexibility index (Phi) is 9.01. The molecular weight excluding hydrogens is 444 g/mol. The number of amides is 1. The van der Waals surface area contributed by atoms with Crippen LogP contribution in [0.4, 0.5) is 4.79 Å². The van der Waals surface area contributed by atoms with Crippen LogP contribution in [0.2, 0.25) is 0 Å². The van der Waals surface area contributed by atoms with E-state index in [2.05, 4.69) is 5.32 Å². The van der Waals surface area contributed by atoms with Gasteiger partial charge in [-0.3, -0.25) is 4.79 Å². The Labute approximate surface area is 195 Å². The van der Waals surface area contributed by atoms with Crippen molar-refractivity contribution in [2.45, 2.75) is 57.8 Å². The van der Waals surface area contributed by atoms with E-state index in [9.17, 15) is 18.0 Å². The van der Waals surface area contributed by atoms with Gasteiger partial charge in [0.25, 0.3) is 0 Å². The summed E-state index contributed by atoms with van der Waals surface area (Å²) in [4.78, 5) is 25.3. The molecule has 180 valence electrons. The lowest BCUT2D eigenvalue weighted by atomic mass is 10.2. The summed E-state index contributed by atoms with van der Waals surface area (Å²) in [7, 11) is -4.04. The van der Waals surface area contributed by atoms with Crippen LogP contribution in [-0.4, -0.2) is 49.5 Å². The van der Waals surface area contributed by atoms with Gasteiger partial charge in [0.15, 0.2) is 0 Å². The van der Waals surface area contributed by atoms with Crippen molar-refractivity contribution >= 4 is 22.1 Å². The molecule has 0 aliphatic rings. The summed E-state index contributed by atoms with van der Waals surface area (Å²) < 4.78 is 38.4. The number of nitrogens with zero attached hydrogens (tertiary/aromatic N) is 1. The summed E-state index contributed by atoms with van der Waals surface area (Å²) in [5, 5.41) is 2.50. The van der Waals surface area contributed by atoms with Gasteiger partial charge in [0, 0.05) is 13.1 Å². The number of nitrogens with one attached hydrogen (secondary N) is 1. The van der Waals surface area contributed by atoms with E-state index in [1.807, 2.05) is 25.1 Å². The van der Waals surface area contributed by atoms with Crippen molar-refractivity contribution in [3.8, 4) is 0 Å². The quantitative estimate of drug-likeness (QED) is 0.555. The smallest absolute Gasteiger partial charge is 0.407 e. The third-order valence-electron chi connectivity index (χ3n) is 4.62. The zero-order chi connectivity index (χ0) is 24.6. The fourth-order valence-electron chi connectivity index (χ4n) is 3.03. The van der Waals surface area contributed by atoms with Gasteiger partial charge in [-0.05, 0) is 45.4 Å². The zero-order valence-corrected chi connectivity index (χ0v) is 20.5. The first-order valence-electron chi connectivity index (χ1n) is 10.7. The number of likely N-dealkylation sites (N-methyl/N-ethyl adjacent to an activating group) is 1. The summed E-state index contributed by atoms with van der Waals surface area (Å²) in [6.07, 6.45) is -0.757. The van der Waals surface area contributed by atoms with Gasteiger partial charge in [0.05, 0.1) is 4.90 Å². The molecule has 0 unspecified atom stereocenters. The number of hydrogen-bond donors (Lipinski definition) is 1. The minimum Gasteiger partial charge on any atom is -0.460 e. The second-order valence-corrected chi connectivity index (χ2v) is 10.4. The van der Waals surface area contributed by atoms with E-state index in [0.29, 0.717) is 0 Å². The van der Waals surface area contributed by atoms with Gasteiger partial charge in [0.2, 0.25) is 10.0 Å². The Hall–Kier alpha value is -2.91. The molecule has 33 heavy (non-hydrogen) atoms. The van der Waals surface area contributed by atoms with E-state index in [1.54, 1.807) is 52.0 Å². The SMILES string of the molecule is CCN([C@@H](CNC(=O)OC(C)(C)C)C(=O)OCc1ccccc1)S(=O)(=O)c1ccc(C)cc1. The second-order valence-electron chi connectivity index (χ2n) is 8.51. The van der Waals surface area contributed by atoms with Crippen LogP contribution in [0.1, 0.15) is 38.8 Å². The fourth-order valence-corrected chi connectivity index (χ4v) is 4.61. The molecule has 2 rings (SSSR count). The molecule has 1 amide bonds. The Morgan fingerprint density at radius 3 is 2.18 bits per heavy atom. The molecule has 0 bridgehead atoms. The third kappa shape index (κ3) is 7.87. The average Bonchev–Trinajstić information content (AvgIpc) is 2.74. The van der Waals surface area contributed by atoms with Crippen molar-refractivity contribution in [3.63, 3.8) is 0 Å². The molecule has 0 spiro atoms. The normalized spacial score (nSPS) is 12.8. The van der Waals surface area contributed by atoms with Crippen LogP contribution < -0.4 is 5.32 Å². The summed E-state index contributed by atoms with van der Waals surface area (Å²) in [5.74, 6) is -0.771. The molecule has 0 aliphatic heterocycles. The number of hydrogen-bond acceptors (Lipinski definition) is 6. The van der Waals surface area contributed by atoms with Crippen LogP contribution in [0.3, 0.4) is 0 Å². The van der Waals surface area contributed by atoms with Crippen LogP contribution in [0, 0.1) is 6.92 Å². The van der Waals surface area contributed by atoms with Crippen molar-refractivity contribution in [3.05, 3.63) is 65.7 Å². The molecule has 0 saturated carbocycles. The first kappa shape index (κ1) is 26.3. The lowest BCUT2D eigenvalue weighted by Gasteiger charge is -2.29. The molecule has 1 atom stereocenters. The Morgan fingerprint density at radius 1 is 1.03 bits per heavy atom. The van der Waals surface area contributed by atoms with Crippen LogP contribution in [0.15, 0.2) is 59.5 Å². The first-order valence-corrected chi connectivity index (χ1v) is 12.1. The highest BCUT2D eigenvalue weighted by Gasteiger charge is 2.36. The summed E-state index contributed by atoms with van der Waals surface area (Å²) >= 11 is 0. The molecule has 0 heterocycles. The number of aryl methyl sites for hydroxylation is 1. The minimum absolute atomic E-state index is 0.00267. The minimum atomic E-state index is -4.04. The fraction of sp³-hybridized carbons (Fsp3) is 0.417. The van der Waals surface area contributed by atoms with Crippen LogP contribution in [0.5, 0.6) is 0 Å². The molecule has 1 N–H and O–H groups in total. The number of esters is 1. The third-order valence-corrected chi connectivity index (χ3v) is 6.62. The molecule has 2 aromatic rings. The number of rotatable bonds is 9. The monoisotopic (exact) mass is 476 g/mol. The average molecular weight is 477 g/mol. The number of carbonyl (C=O) groups excluding carboxylic acids is 2. The largest absolute Gasteiger partial charge is 0.460 e. The maximum atomic E-state index is 13.3. The highest BCUT2D eigenvalue weighted by molar-refractivity contribution is 7.89. The molecule has 0 aliphatic carbocycles. The summed E-state index contributed by atoms with van der Waals surface area (Å²) in [6.45, 7) is 8.26. The van der Waals surface area contributed by atoms with Crippen molar-refractivity contribution in [2.75, 3.05) is 13.1 Å². The van der Waals surface area contributed by atoms with Gasteiger partial charge in [-0.25, -0.2) is 13.2 Å². The van der Waals surface area contributed by atoms with Crippen molar-refractivity contribution in [1.82, 2.24) is 9.62 Å². The van der Waals surface area contributed by atoms with Crippen molar-refractivity contribution in [2.24, 2.45) is 0 Å². The predicted octanol–water partition coefficient (Wildman–Crippen LogP) is 3.64. The Balaban J connectivity index is 2.28. The molecule has 2 aromatic carbocycles. The lowest BCUT2D eigenvalue weighted by molar-refractivity contribution is -0.149. The number of carbonyl (C=O) groups is 2. The number of alkyl carbamates (subject to hydrolysis) is 1. The summed E-state index contributed by atoms with van der Waals surface area (Å²) in [6, 6.07) is 14.1. The maximum absolute atomic E-state index is 13.3. The zero-order valence-electron chi connectivity index (χ0n) is 19.7. The van der Waals surface area contributed by atoms with E-state index >= 15 is 0 Å². The number of ether oxygens (including phenoxy) is 2. The summed E-state index contributed by atoms with van der Waals surface area (Å²) in [5.41, 5.74) is 0.919. The molecule has 9 heteroatoms. The van der Waals surface area contributed by atoms with E-state index in [-0.39, 0.29) is 24.6 Å². The molecule has 0 aromatic heterocycles. The van der Waals surface area contributed by atoms with Gasteiger partial charge in [0.1, 0.15) is 18.2 Å². The Morgan fingerprint density at radius 2 is 1.64 bits per heavy atom. The van der Waals surface area contributed by atoms with Crippen LogP contribution in [0.25, 0.3) is 0 Å². The highest BCUT2D eigenvalue weighted by atomic mass is 32.2. The van der Waals surface area contributed by atoms with Crippen LogP contribution in [-0.2, 0) is 30.9 Å². The molecule has 8 nitrogen and oxygen atoms in total. The number of sulfonamides is 1.